The molecule has 0 aliphatic heterocycles. The summed E-state index contributed by atoms with van der Waals surface area (Å²) in [4.78, 5) is 53.7. The van der Waals surface area contributed by atoms with E-state index in [1.807, 2.05) is 201 Å². The largest absolute Gasteiger partial charge is 2.00 e. The average Bonchev–Trinajstić information content (AvgIpc) is 0.907. The Morgan fingerprint density at radius 3 is 0.765 bits per heavy atom. The number of aromatic nitrogens is 9. The van der Waals surface area contributed by atoms with E-state index in [1.165, 1.54) is 0 Å². The first-order valence-electron chi connectivity index (χ1n) is 31.0. The molecule has 9 heterocycles. The summed E-state index contributed by atoms with van der Waals surface area (Å²) >= 11 is 0. The molecule has 0 spiro atoms. The summed E-state index contributed by atoms with van der Waals surface area (Å²) in [6.07, 6.45) is 21.1. The smallest absolute Gasteiger partial charge is 1.00 e. The van der Waals surface area contributed by atoms with E-state index in [0.29, 0.717) is 56.9 Å². The second kappa shape index (κ2) is 47.6. The third-order valence-electron chi connectivity index (χ3n) is 14.6. The molecule has 18 nitrogen and oxygen atoms in total. The number of methoxy groups -OCH3 is 3. The first kappa shape index (κ1) is 84.9. The van der Waals surface area contributed by atoms with Crippen molar-refractivity contribution in [1.29, 1.82) is 0 Å². The summed E-state index contributed by atoms with van der Waals surface area (Å²) in [6.45, 7) is 2.69. The molecular formula is C78H72Cl4Fe2N12O6. The molecule has 0 N–H and O–H groups in total. The molecule has 0 unspecified atom stereocenters. The van der Waals surface area contributed by atoms with Crippen LogP contribution in [-0.2, 0) is 68.2 Å². The van der Waals surface area contributed by atoms with Crippen LogP contribution in [-0.4, -0.2) is 105 Å². The van der Waals surface area contributed by atoms with Gasteiger partial charge in [0.25, 0.3) is 0 Å². The number of aliphatic imine (C=N–C) groups is 3. The van der Waals surface area contributed by atoms with Crippen LogP contribution in [0.15, 0.2) is 289 Å². The van der Waals surface area contributed by atoms with Gasteiger partial charge >= 0.3 is 34.1 Å². The van der Waals surface area contributed by atoms with Crippen LogP contribution >= 0.6 is 0 Å². The Kier molecular flexibility index (Phi) is 39.6. The van der Waals surface area contributed by atoms with E-state index in [2.05, 4.69) is 81.3 Å². The number of pyridine rings is 9. The number of nitrogens with zero attached hydrogens (tertiary/aromatic N) is 12. The van der Waals surface area contributed by atoms with Crippen LogP contribution in [0.2, 0.25) is 0 Å². The maximum Gasteiger partial charge on any atom is 2.00 e. The molecule has 12 rings (SSSR count). The van der Waals surface area contributed by atoms with E-state index in [1.54, 1.807) is 77.2 Å². The zero-order valence-corrected chi connectivity index (χ0v) is 61.0. The Bertz CT molecular complexity index is 3830. The SMILES string of the molecule is COc1ccc(C=N[C@@H](COCc2ccc(-c3ccccn3)nc2)c2ccccc2)nc1.COc1ccc(C=N[C@@H](COCc2ccc(-c3ccccn3)nc2)c2ccccc2)nc1.COc1ccc(C=N[C@@H](COCc2ccc(-c3ccccn3)nc2)c2ccccc2)nc1.[Cl-].[Cl-].[Cl-].[Cl-].[Fe+2].[Fe+2]. The third kappa shape index (κ3) is 27.8. The third-order valence-corrected chi connectivity index (χ3v) is 14.6. The minimum absolute atomic E-state index is 0. The second-order valence-corrected chi connectivity index (χ2v) is 21.3. The van der Waals surface area contributed by atoms with E-state index >= 15 is 0 Å². The van der Waals surface area contributed by atoms with Gasteiger partial charge in [0.15, 0.2) is 0 Å². The van der Waals surface area contributed by atoms with Crippen LogP contribution in [0.1, 0.15) is 68.6 Å². The number of benzene rings is 3. The van der Waals surface area contributed by atoms with Gasteiger partial charge < -0.3 is 78.0 Å². The predicted molar refractivity (Wildman–Crippen MR) is 374 cm³/mol. The molecule has 0 amide bonds. The fourth-order valence-electron chi connectivity index (χ4n) is 9.36. The van der Waals surface area contributed by atoms with Crippen molar-refractivity contribution < 1.29 is 112 Å². The quantitative estimate of drug-likeness (QED) is 0.0536. The second-order valence-electron chi connectivity index (χ2n) is 21.3. The number of rotatable bonds is 27. The fourth-order valence-corrected chi connectivity index (χ4v) is 9.36. The molecule has 524 valence electrons. The molecule has 3 aromatic carbocycles. The molecule has 12 aromatic rings. The predicted octanol–water partition coefficient (Wildman–Crippen LogP) is 2.78. The zero-order chi connectivity index (χ0) is 66.0. The van der Waals surface area contributed by atoms with Gasteiger partial charge in [0, 0.05) is 55.8 Å². The van der Waals surface area contributed by atoms with Crippen molar-refractivity contribution in [2.75, 3.05) is 41.2 Å². The van der Waals surface area contributed by atoms with Gasteiger partial charge in [-0.05, 0) is 124 Å². The van der Waals surface area contributed by atoms with Gasteiger partial charge in [-0.15, -0.1) is 0 Å². The maximum absolute atomic E-state index is 6.00. The molecule has 0 fully saturated rings. The minimum Gasteiger partial charge on any atom is -1.00 e. The van der Waals surface area contributed by atoms with Crippen molar-refractivity contribution in [1.82, 2.24) is 44.9 Å². The van der Waals surface area contributed by atoms with Crippen LogP contribution < -0.4 is 63.8 Å². The van der Waals surface area contributed by atoms with Crippen molar-refractivity contribution in [3.8, 4) is 51.4 Å². The minimum atomic E-state index is -0.138. The molecule has 0 bridgehead atoms. The van der Waals surface area contributed by atoms with E-state index in [9.17, 15) is 0 Å². The van der Waals surface area contributed by atoms with Crippen LogP contribution in [0.5, 0.6) is 17.2 Å². The molecule has 24 heteroatoms. The Morgan fingerprint density at radius 1 is 0.284 bits per heavy atom. The summed E-state index contributed by atoms with van der Waals surface area (Å²) in [6, 6.07) is 70.4. The normalized spacial score (nSPS) is 11.3. The van der Waals surface area contributed by atoms with E-state index < -0.39 is 0 Å². The van der Waals surface area contributed by atoms with Gasteiger partial charge in [-0.2, -0.15) is 0 Å². The molecular weight excluding hydrogens is 1450 g/mol. The summed E-state index contributed by atoms with van der Waals surface area (Å²) in [7, 11) is 4.86. The molecule has 3 atom stereocenters. The van der Waals surface area contributed by atoms with Crippen LogP contribution in [0.4, 0.5) is 0 Å². The zero-order valence-electron chi connectivity index (χ0n) is 55.7. The topological polar surface area (TPSA) is 208 Å². The molecule has 9 aromatic heterocycles. The van der Waals surface area contributed by atoms with E-state index in [0.717, 1.165) is 84.6 Å². The Hall–Kier alpha value is -9.50. The van der Waals surface area contributed by atoms with E-state index in [4.69, 9.17) is 43.4 Å². The molecule has 0 aliphatic carbocycles. The number of hydrogen-bond donors (Lipinski definition) is 0. The van der Waals surface area contributed by atoms with Crippen molar-refractivity contribution in [2.24, 2.45) is 15.0 Å². The van der Waals surface area contributed by atoms with Gasteiger partial charge in [0.2, 0.25) is 0 Å². The fraction of sp³-hybridized carbons (Fsp3) is 0.154. The van der Waals surface area contributed by atoms with Crippen molar-refractivity contribution in [3.05, 3.63) is 325 Å². The van der Waals surface area contributed by atoms with Crippen LogP contribution in [0, 0.1) is 0 Å². The molecule has 102 heavy (non-hydrogen) atoms. The molecule has 0 aliphatic rings. The molecule has 0 radical (unpaired) electrons. The monoisotopic (exact) mass is 1520 g/mol. The Morgan fingerprint density at radius 2 is 0.549 bits per heavy atom. The summed E-state index contributed by atoms with van der Waals surface area (Å²) in [5.74, 6) is 2.15. The van der Waals surface area contributed by atoms with Gasteiger partial charge in [-0.1, -0.05) is 127 Å². The average molecular weight is 1530 g/mol. The number of hydrogen-bond acceptors (Lipinski definition) is 18. The van der Waals surface area contributed by atoms with Crippen molar-refractivity contribution in [2.45, 2.75) is 37.9 Å². The molecule has 0 saturated carbocycles. The first-order chi connectivity index (χ1) is 47.4. The van der Waals surface area contributed by atoms with Crippen molar-refractivity contribution in [3.63, 3.8) is 0 Å². The van der Waals surface area contributed by atoms with Gasteiger partial charge in [-0.3, -0.25) is 59.8 Å². The Labute approximate surface area is 641 Å². The summed E-state index contributed by atoms with van der Waals surface area (Å²) < 4.78 is 33.5. The van der Waals surface area contributed by atoms with Crippen LogP contribution in [0.3, 0.4) is 0 Å². The van der Waals surface area contributed by atoms with Gasteiger partial charge in [-0.25, -0.2) is 0 Å². The standard InChI is InChI=1S/3C26H24N4O2.4ClH.2Fe/c3*1-31-23-12-11-22(28-17-23)16-30-26(21-7-3-2-4-8-21)19-32-18-20-10-13-25(29-15-20)24-9-5-6-14-27-24;;;;;;/h3*2-17,26H,18-19H2,1H3;4*1H;;/q;;;;;;;2*+2/p-4/t3*26-;;;;;;/m000....../s1. The van der Waals surface area contributed by atoms with Gasteiger partial charge in [0.1, 0.15) is 17.2 Å². The molecule has 0 saturated heterocycles. The maximum atomic E-state index is 6.00. The van der Waals surface area contributed by atoms with Crippen LogP contribution in [0.25, 0.3) is 34.2 Å². The summed E-state index contributed by atoms with van der Waals surface area (Å²) in [5.41, 5.74) is 13.6. The Balaban J connectivity index is 0.000000315. The number of ether oxygens (including phenoxy) is 6. The van der Waals surface area contributed by atoms with Gasteiger partial charge in [0.05, 0.1) is 149 Å². The first-order valence-corrected chi connectivity index (χ1v) is 31.0. The summed E-state index contributed by atoms with van der Waals surface area (Å²) in [5, 5.41) is 0. The van der Waals surface area contributed by atoms with Crippen molar-refractivity contribution >= 4 is 18.6 Å². The number of halogens is 4. The van der Waals surface area contributed by atoms with E-state index in [-0.39, 0.29) is 102 Å².